The van der Waals surface area contributed by atoms with Gasteiger partial charge in [0.1, 0.15) is 5.75 Å². The lowest BCUT2D eigenvalue weighted by atomic mass is 9.84. The summed E-state index contributed by atoms with van der Waals surface area (Å²) in [7, 11) is 1.69. The average Bonchev–Trinajstić information content (AvgIpc) is 2.78. The first-order valence-electron chi connectivity index (χ1n) is 10.4. The lowest BCUT2D eigenvalue weighted by Crippen LogP contribution is -2.15. The van der Waals surface area contributed by atoms with Gasteiger partial charge in [0.25, 0.3) is 0 Å². The van der Waals surface area contributed by atoms with E-state index >= 15 is 0 Å². The highest BCUT2D eigenvalue weighted by Gasteiger charge is 2.25. The molecule has 2 unspecified atom stereocenters. The summed E-state index contributed by atoms with van der Waals surface area (Å²) in [6.45, 7) is 7.33. The summed E-state index contributed by atoms with van der Waals surface area (Å²) in [6, 6.07) is 17.2. The molecule has 2 aromatic rings. The summed E-state index contributed by atoms with van der Waals surface area (Å²) >= 11 is 0. The zero-order valence-corrected chi connectivity index (χ0v) is 17.5. The number of dihydropyridines is 1. The van der Waals surface area contributed by atoms with Gasteiger partial charge in [-0.15, -0.1) is 6.58 Å². The molecule has 0 aromatic heterocycles. The van der Waals surface area contributed by atoms with E-state index in [9.17, 15) is 0 Å². The zero-order valence-electron chi connectivity index (χ0n) is 17.5. The van der Waals surface area contributed by atoms with Crippen molar-refractivity contribution in [2.45, 2.75) is 38.1 Å². The van der Waals surface area contributed by atoms with Crippen LogP contribution < -0.4 is 4.74 Å². The minimum absolute atomic E-state index is 0.0508. The smallest absolute Gasteiger partial charge is 0.118 e. The number of nitrogens with zero attached hydrogens (tertiary/aromatic N) is 1. The molecule has 0 N–H and O–H groups in total. The Balaban J connectivity index is 1.86. The molecule has 0 spiro atoms. The summed E-state index contributed by atoms with van der Waals surface area (Å²) in [5.74, 6) is 1.04. The number of hydrogen-bond acceptors (Lipinski definition) is 3. The van der Waals surface area contributed by atoms with Crippen LogP contribution in [0.3, 0.4) is 0 Å². The summed E-state index contributed by atoms with van der Waals surface area (Å²) in [4.78, 5) is 4.92. The number of allylic oxidation sites excluding steroid dienone is 1. The van der Waals surface area contributed by atoms with E-state index in [1.807, 2.05) is 24.4 Å². The van der Waals surface area contributed by atoms with Gasteiger partial charge in [0.2, 0.25) is 0 Å². The molecular weight excluding hydrogens is 358 g/mol. The van der Waals surface area contributed by atoms with Gasteiger partial charge < -0.3 is 9.47 Å². The molecule has 0 bridgehead atoms. The largest absolute Gasteiger partial charge is 0.497 e. The van der Waals surface area contributed by atoms with Gasteiger partial charge in [-0.2, -0.15) is 0 Å². The summed E-state index contributed by atoms with van der Waals surface area (Å²) in [5.41, 5.74) is 4.94. The molecule has 2 aromatic carbocycles. The topological polar surface area (TPSA) is 30.8 Å². The molecule has 2 atom stereocenters. The highest BCUT2D eigenvalue weighted by molar-refractivity contribution is 5.80. The molecule has 3 rings (SSSR count). The van der Waals surface area contributed by atoms with E-state index in [0.29, 0.717) is 6.61 Å². The van der Waals surface area contributed by atoms with Crippen LogP contribution in [0.1, 0.15) is 48.4 Å². The Labute approximate surface area is 174 Å². The van der Waals surface area contributed by atoms with E-state index < -0.39 is 0 Å². The van der Waals surface area contributed by atoms with Crippen molar-refractivity contribution in [3.63, 3.8) is 0 Å². The van der Waals surface area contributed by atoms with E-state index in [-0.39, 0.29) is 12.0 Å². The first-order valence-corrected chi connectivity index (χ1v) is 10.4. The number of rotatable bonds is 10. The number of methoxy groups -OCH3 is 1. The van der Waals surface area contributed by atoms with Crippen LogP contribution in [0.5, 0.6) is 5.75 Å². The Morgan fingerprint density at radius 1 is 1.03 bits per heavy atom. The fourth-order valence-electron chi connectivity index (χ4n) is 3.60. The van der Waals surface area contributed by atoms with Crippen LogP contribution in [0.25, 0.3) is 0 Å². The number of aliphatic imine (C=N–C) groups is 1. The minimum atomic E-state index is 0.0508. The van der Waals surface area contributed by atoms with Crippen LogP contribution in [-0.4, -0.2) is 26.5 Å². The molecule has 0 saturated heterocycles. The highest BCUT2D eigenvalue weighted by atomic mass is 16.5. The van der Waals surface area contributed by atoms with Crippen molar-refractivity contribution in [1.29, 1.82) is 0 Å². The first kappa shape index (κ1) is 21.1. The average molecular weight is 390 g/mol. The molecule has 0 saturated carbocycles. The molecule has 0 radical (unpaired) electrons. The van der Waals surface area contributed by atoms with E-state index in [1.54, 1.807) is 7.11 Å². The molecule has 0 amide bonds. The van der Waals surface area contributed by atoms with Gasteiger partial charge in [0.05, 0.1) is 19.8 Å². The van der Waals surface area contributed by atoms with Crippen LogP contribution in [0.2, 0.25) is 0 Å². The second-order valence-corrected chi connectivity index (χ2v) is 7.39. The van der Waals surface area contributed by atoms with Crippen molar-refractivity contribution in [3.05, 3.63) is 89.5 Å². The van der Waals surface area contributed by atoms with Crippen molar-refractivity contribution >= 4 is 6.21 Å². The van der Waals surface area contributed by atoms with Gasteiger partial charge in [-0.3, -0.25) is 4.99 Å². The molecule has 0 aliphatic carbocycles. The summed E-state index contributed by atoms with van der Waals surface area (Å²) in [5, 5.41) is 0. The van der Waals surface area contributed by atoms with Gasteiger partial charge in [-0.1, -0.05) is 55.5 Å². The second kappa shape index (κ2) is 10.8. The van der Waals surface area contributed by atoms with Crippen molar-refractivity contribution in [2.24, 2.45) is 4.99 Å². The van der Waals surface area contributed by atoms with Crippen molar-refractivity contribution in [2.75, 3.05) is 20.3 Å². The Kier molecular flexibility index (Phi) is 7.83. The van der Waals surface area contributed by atoms with Crippen LogP contribution in [0, 0.1) is 0 Å². The van der Waals surface area contributed by atoms with Gasteiger partial charge in [0.15, 0.2) is 0 Å². The summed E-state index contributed by atoms with van der Waals surface area (Å²) < 4.78 is 11.1. The molecule has 3 nitrogen and oxygen atoms in total. The van der Waals surface area contributed by atoms with Crippen molar-refractivity contribution < 1.29 is 9.47 Å². The van der Waals surface area contributed by atoms with E-state index in [2.05, 4.69) is 56.0 Å². The predicted molar refractivity (Wildman–Crippen MR) is 121 cm³/mol. The Morgan fingerprint density at radius 3 is 2.41 bits per heavy atom. The third kappa shape index (κ3) is 5.68. The highest BCUT2D eigenvalue weighted by Crippen LogP contribution is 2.39. The van der Waals surface area contributed by atoms with Crippen molar-refractivity contribution in [1.82, 2.24) is 0 Å². The molecular formula is C26H31NO2. The van der Waals surface area contributed by atoms with Crippen molar-refractivity contribution in [3.8, 4) is 5.75 Å². The normalized spacial score (nSPS) is 18.3. The fourth-order valence-corrected chi connectivity index (χ4v) is 3.60. The predicted octanol–water partition coefficient (Wildman–Crippen LogP) is 6.08. The maximum absolute atomic E-state index is 5.76. The Hall–Kier alpha value is -2.65. The van der Waals surface area contributed by atoms with E-state index in [1.165, 1.54) is 16.7 Å². The van der Waals surface area contributed by atoms with Crippen LogP contribution >= 0.6 is 0 Å². The first-order chi connectivity index (χ1) is 14.2. The van der Waals surface area contributed by atoms with Crippen LogP contribution in [0.15, 0.2) is 77.8 Å². The van der Waals surface area contributed by atoms with Gasteiger partial charge >= 0.3 is 0 Å². The molecule has 1 aliphatic heterocycles. The number of aryl methyl sites for hydroxylation is 1. The molecule has 29 heavy (non-hydrogen) atoms. The quantitative estimate of drug-likeness (QED) is 0.364. The fraction of sp³-hybridized carbons (Fsp3) is 0.346. The van der Waals surface area contributed by atoms with Gasteiger partial charge in [0, 0.05) is 18.7 Å². The Morgan fingerprint density at radius 2 is 1.76 bits per heavy atom. The third-order valence-corrected chi connectivity index (χ3v) is 5.21. The van der Waals surface area contributed by atoms with Crippen LogP contribution in [0.4, 0.5) is 0 Å². The SMILES string of the molecule is C=CCCc1ccc(C2C=C(COCCC)C=NC2c2ccc(OC)cc2)cc1. The lowest BCUT2D eigenvalue weighted by Gasteiger charge is -2.27. The molecule has 0 fully saturated rings. The van der Waals surface area contributed by atoms with Crippen LogP contribution in [-0.2, 0) is 11.2 Å². The zero-order chi connectivity index (χ0) is 20.5. The molecule has 1 heterocycles. The maximum Gasteiger partial charge on any atom is 0.118 e. The minimum Gasteiger partial charge on any atom is -0.497 e. The molecule has 3 heteroatoms. The summed E-state index contributed by atoms with van der Waals surface area (Å²) in [6.07, 6.45) is 9.31. The number of ether oxygens (including phenoxy) is 2. The standard InChI is InChI=1S/C26H31NO2/c1-4-6-7-20-8-10-22(11-9-20)25-17-21(19-29-16-5-2)18-27-26(25)23-12-14-24(28-3)15-13-23/h4,8-15,17-18,25-26H,1,5-7,16,19H2,2-3H3. The number of benzene rings is 2. The lowest BCUT2D eigenvalue weighted by molar-refractivity contribution is 0.159. The third-order valence-electron chi connectivity index (χ3n) is 5.21. The van der Waals surface area contributed by atoms with Gasteiger partial charge in [-0.25, -0.2) is 0 Å². The van der Waals surface area contributed by atoms with Gasteiger partial charge in [-0.05, 0) is 53.7 Å². The second-order valence-electron chi connectivity index (χ2n) is 7.39. The van der Waals surface area contributed by atoms with E-state index in [4.69, 9.17) is 14.5 Å². The monoisotopic (exact) mass is 389 g/mol. The molecule has 1 aliphatic rings. The maximum atomic E-state index is 5.76. The number of hydrogen-bond donors (Lipinski definition) is 0. The van der Waals surface area contributed by atoms with E-state index in [0.717, 1.165) is 37.2 Å². The Bertz CT molecular complexity index is 834. The molecule has 152 valence electrons.